The number of rotatable bonds is 1. The molecule has 4 nitrogen and oxygen atoms in total. The van der Waals surface area contributed by atoms with Gasteiger partial charge in [-0.1, -0.05) is 0 Å². The van der Waals surface area contributed by atoms with Crippen molar-refractivity contribution in [1.82, 2.24) is 0 Å². The number of halogens is 1. The fourth-order valence-electron chi connectivity index (χ4n) is 1.49. The fraction of sp³-hybridized carbons (Fsp3) is 0.300. The third kappa shape index (κ3) is 1.92. The predicted molar refractivity (Wildman–Crippen MR) is 54.0 cm³/mol. The van der Waals surface area contributed by atoms with Crippen molar-refractivity contribution < 1.29 is 13.9 Å². The van der Waals surface area contributed by atoms with Crippen LogP contribution in [-0.4, -0.2) is 25.7 Å². The number of benzene rings is 1. The number of nitrogen functional groups attached to an aromatic ring is 1. The minimum Gasteiger partial charge on any atom is -0.396 e. The third-order valence-electron chi connectivity index (χ3n) is 2.28. The zero-order valence-electron chi connectivity index (χ0n) is 8.07. The molecule has 0 radical (unpaired) electrons. The molecule has 0 bridgehead atoms. The Balaban J connectivity index is 2.28. The van der Waals surface area contributed by atoms with E-state index in [9.17, 15) is 9.18 Å². The average Bonchev–Trinajstić information content (AvgIpc) is 2.23. The molecule has 1 heterocycles. The molecule has 0 spiro atoms. The first-order chi connectivity index (χ1) is 7.18. The Morgan fingerprint density at radius 1 is 1.47 bits per heavy atom. The molecule has 1 amide bonds. The SMILES string of the molecule is Nc1cc(N2CCOCC2=O)ccc1F. The summed E-state index contributed by atoms with van der Waals surface area (Å²) in [5.41, 5.74) is 6.09. The Morgan fingerprint density at radius 3 is 2.93 bits per heavy atom. The molecule has 0 saturated carbocycles. The summed E-state index contributed by atoms with van der Waals surface area (Å²) in [4.78, 5) is 13.0. The van der Waals surface area contributed by atoms with E-state index in [-0.39, 0.29) is 18.2 Å². The van der Waals surface area contributed by atoms with E-state index in [1.165, 1.54) is 18.2 Å². The zero-order valence-corrected chi connectivity index (χ0v) is 8.07. The molecule has 1 saturated heterocycles. The van der Waals surface area contributed by atoms with Crippen molar-refractivity contribution in [2.75, 3.05) is 30.4 Å². The lowest BCUT2D eigenvalue weighted by atomic mass is 10.2. The van der Waals surface area contributed by atoms with Crippen LogP contribution in [0, 0.1) is 5.82 Å². The summed E-state index contributed by atoms with van der Waals surface area (Å²) in [5, 5.41) is 0. The van der Waals surface area contributed by atoms with Gasteiger partial charge in [0.1, 0.15) is 12.4 Å². The van der Waals surface area contributed by atoms with Gasteiger partial charge in [0.2, 0.25) is 0 Å². The second kappa shape index (κ2) is 3.86. The van der Waals surface area contributed by atoms with Gasteiger partial charge in [0.05, 0.1) is 12.3 Å². The van der Waals surface area contributed by atoms with Gasteiger partial charge >= 0.3 is 0 Å². The van der Waals surface area contributed by atoms with Crippen molar-refractivity contribution in [2.45, 2.75) is 0 Å². The van der Waals surface area contributed by atoms with Crippen molar-refractivity contribution in [3.63, 3.8) is 0 Å². The summed E-state index contributed by atoms with van der Waals surface area (Å²) in [7, 11) is 0. The zero-order chi connectivity index (χ0) is 10.8. The standard InChI is InChI=1S/C10H11FN2O2/c11-8-2-1-7(5-9(8)12)13-3-4-15-6-10(13)14/h1-2,5H,3-4,6,12H2. The van der Waals surface area contributed by atoms with Crippen molar-refractivity contribution in [2.24, 2.45) is 0 Å². The van der Waals surface area contributed by atoms with Crippen molar-refractivity contribution in [3.05, 3.63) is 24.0 Å². The first-order valence-corrected chi connectivity index (χ1v) is 4.61. The highest BCUT2D eigenvalue weighted by Crippen LogP contribution is 2.21. The monoisotopic (exact) mass is 210 g/mol. The van der Waals surface area contributed by atoms with Crippen LogP contribution in [0.15, 0.2) is 18.2 Å². The Morgan fingerprint density at radius 2 is 2.27 bits per heavy atom. The highest BCUT2D eigenvalue weighted by atomic mass is 19.1. The van der Waals surface area contributed by atoms with Crippen LogP contribution in [0.2, 0.25) is 0 Å². The van der Waals surface area contributed by atoms with E-state index in [1.54, 1.807) is 4.90 Å². The summed E-state index contributed by atoms with van der Waals surface area (Å²) in [6.07, 6.45) is 0. The molecule has 80 valence electrons. The van der Waals surface area contributed by atoms with E-state index in [0.29, 0.717) is 18.8 Å². The van der Waals surface area contributed by atoms with Gasteiger partial charge in [-0.15, -0.1) is 0 Å². The molecule has 1 aliphatic rings. The molecule has 1 aromatic rings. The summed E-state index contributed by atoms with van der Waals surface area (Å²) in [5.74, 6) is -0.605. The van der Waals surface area contributed by atoms with E-state index in [2.05, 4.69) is 0 Å². The molecule has 2 N–H and O–H groups in total. The smallest absolute Gasteiger partial charge is 0.253 e. The Kier molecular flexibility index (Phi) is 2.55. The number of nitrogens with zero attached hydrogens (tertiary/aromatic N) is 1. The molecular weight excluding hydrogens is 199 g/mol. The number of carbonyl (C=O) groups excluding carboxylic acids is 1. The topological polar surface area (TPSA) is 55.6 Å². The van der Waals surface area contributed by atoms with Crippen LogP contribution in [-0.2, 0) is 9.53 Å². The maximum atomic E-state index is 12.9. The molecule has 1 aliphatic heterocycles. The Labute approximate surface area is 86.4 Å². The quantitative estimate of drug-likeness (QED) is 0.696. The number of ether oxygens (including phenoxy) is 1. The van der Waals surface area contributed by atoms with Gasteiger partial charge in [0.25, 0.3) is 5.91 Å². The summed E-state index contributed by atoms with van der Waals surface area (Å²) >= 11 is 0. The fourth-order valence-corrected chi connectivity index (χ4v) is 1.49. The molecule has 0 aliphatic carbocycles. The second-order valence-electron chi connectivity index (χ2n) is 3.30. The molecule has 1 fully saturated rings. The summed E-state index contributed by atoms with van der Waals surface area (Å²) < 4.78 is 17.9. The minimum atomic E-state index is -0.473. The van der Waals surface area contributed by atoms with Crippen LogP contribution in [0.25, 0.3) is 0 Å². The number of anilines is 2. The van der Waals surface area contributed by atoms with Gasteiger partial charge in [-0.05, 0) is 18.2 Å². The van der Waals surface area contributed by atoms with Crippen LogP contribution in [0.5, 0.6) is 0 Å². The summed E-state index contributed by atoms with van der Waals surface area (Å²) in [6.45, 7) is 1.03. The molecule has 0 aromatic heterocycles. The van der Waals surface area contributed by atoms with Crippen LogP contribution < -0.4 is 10.6 Å². The van der Waals surface area contributed by atoms with Gasteiger partial charge in [-0.2, -0.15) is 0 Å². The van der Waals surface area contributed by atoms with E-state index in [0.717, 1.165) is 0 Å². The average molecular weight is 210 g/mol. The maximum Gasteiger partial charge on any atom is 0.253 e. The van der Waals surface area contributed by atoms with Crippen LogP contribution in [0.3, 0.4) is 0 Å². The van der Waals surface area contributed by atoms with Gasteiger partial charge in [0, 0.05) is 12.2 Å². The highest BCUT2D eigenvalue weighted by molar-refractivity contribution is 5.95. The van der Waals surface area contributed by atoms with Gasteiger partial charge in [-0.25, -0.2) is 4.39 Å². The second-order valence-corrected chi connectivity index (χ2v) is 3.30. The Bertz CT molecular complexity index is 395. The number of hydrogen-bond acceptors (Lipinski definition) is 3. The number of hydrogen-bond donors (Lipinski definition) is 1. The summed E-state index contributed by atoms with van der Waals surface area (Å²) in [6, 6.07) is 4.25. The van der Waals surface area contributed by atoms with Gasteiger partial charge in [0.15, 0.2) is 0 Å². The van der Waals surface area contributed by atoms with E-state index < -0.39 is 5.82 Å². The van der Waals surface area contributed by atoms with E-state index in [1.807, 2.05) is 0 Å². The predicted octanol–water partition coefficient (Wildman–Crippen LogP) is 0.771. The van der Waals surface area contributed by atoms with Crippen molar-refractivity contribution >= 4 is 17.3 Å². The van der Waals surface area contributed by atoms with Gasteiger partial charge in [-0.3, -0.25) is 4.79 Å². The number of amides is 1. The van der Waals surface area contributed by atoms with Crippen molar-refractivity contribution in [1.29, 1.82) is 0 Å². The maximum absolute atomic E-state index is 12.9. The third-order valence-corrected chi connectivity index (χ3v) is 2.28. The first kappa shape index (κ1) is 9.92. The first-order valence-electron chi connectivity index (χ1n) is 4.61. The highest BCUT2D eigenvalue weighted by Gasteiger charge is 2.20. The molecule has 5 heteroatoms. The van der Waals surface area contributed by atoms with E-state index in [4.69, 9.17) is 10.5 Å². The molecule has 15 heavy (non-hydrogen) atoms. The number of morpholine rings is 1. The number of nitrogens with two attached hydrogens (primary N) is 1. The molecule has 1 aromatic carbocycles. The number of carbonyl (C=O) groups is 1. The normalized spacial score (nSPS) is 16.9. The van der Waals surface area contributed by atoms with Crippen LogP contribution >= 0.6 is 0 Å². The Hall–Kier alpha value is -1.62. The lowest BCUT2D eigenvalue weighted by Crippen LogP contribution is -2.41. The lowest BCUT2D eigenvalue weighted by Gasteiger charge is -2.27. The van der Waals surface area contributed by atoms with Crippen molar-refractivity contribution in [3.8, 4) is 0 Å². The lowest BCUT2D eigenvalue weighted by molar-refractivity contribution is -0.125. The minimum absolute atomic E-state index is 0.0480. The molecule has 0 unspecified atom stereocenters. The van der Waals surface area contributed by atoms with Crippen LogP contribution in [0.1, 0.15) is 0 Å². The van der Waals surface area contributed by atoms with E-state index >= 15 is 0 Å². The molecule has 2 rings (SSSR count). The van der Waals surface area contributed by atoms with Gasteiger partial charge < -0.3 is 15.4 Å². The molecular formula is C10H11FN2O2. The largest absolute Gasteiger partial charge is 0.396 e. The van der Waals surface area contributed by atoms with Crippen LogP contribution in [0.4, 0.5) is 15.8 Å². The molecule has 0 atom stereocenters.